The molecule has 0 atom stereocenters. The number of hydrogen-bond acceptors (Lipinski definition) is 5. The lowest BCUT2D eigenvalue weighted by Gasteiger charge is -2.35. The molecule has 1 aliphatic rings. The van der Waals surface area contributed by atoms with Crippen molar-refractivity contribution in [1.29, 1.82) is 0 Å². The van der Waals surface area contributed by atoms with E-state index in [0.717, 1.165) is 11.4 Å². The lowest BCUT2D eigenvalue weighted by Crippen LogP contribution is -2.50. The Balaban J connectivity index is 1.50. The van der Waals surface area contributed by atoms with Crippen molar-refractivity contribution in [3.05, 3.63) is 96.1 Å². The molecule has 0 unspecified atom stereocenters. The number of hydrogen-bond donors (Lipinski definition) is 1. The van der Waals surface area contributed by atoms with E-state index in [9.17, 15) is 9.59 Å². The van der Waals surface area contributed by atoms with E-state index in [1.807, 2.05) is 30.3 Å². The minimum Gasteiger partial charge on any atom is -0.353 e. The number of pyridine rings is 2. The van der Waals surface area contributed by atoms with Gasteiger partial charge in [-0.25, -0.2) is 4.98 Å². The fourth-order valence-electron chi connectivity index (χ4n) is 3.41. The maximum atomic E-state index is 13.3. The summed E-state index contributed by atoms with van der Waals surface area (Å²) in [7, 11) is 0. The molecule has 0 aliphatic carbocycles. The molecule has 3 aromatic rings. The first kappa shape index (κ1) is 20.3. The summed E-state index contributed by atoms with van der Waals surface area (Å²) in [6.07, 6.45) is 6.75. The molecule has 1 N–H and O–H groups in total. The standard InChI is InChI=1S/C24H23N5O2/c30-23(20-8-2-1-3-9-20)27-21(17-19-7-6-11-25-18-19)24(31)29-15-13-28(14-16-29)22-10-4-5-12-26-22/h1-12,17-18H,13-16H2,(H,27,30)/b21-17-. The van der Waals surface area contributed by atoms with E-state index >= 15 is 0 Å². The third-order valence-electron chi connectivity index (χ3n) is 5.05. The molecule has 2 amide bonds. The van der Waals surface area contributed by atoms with Crippen molar-refractivity contribution in [1.82, 2.24) is 20.2 Å². The van der Waals surface area contributed by atoms with Gasteiger partial charge in [-0.15, -0.1) is 0 Å². The van der Waals surface area contributed by atoms with Crippen LogP contribution in [0.5, 0.6) is 0 Å². The van der Waals surface area contributed by atoms with Crippen molar-refractivity contribution in [3.63, 3.8) is 0 Å². The van der Waals surface area contributed by atoms with Gasteiger partial charge in [0.15, 0.2) is 0 Å². The summed E-state index contributed by atoms with van der Waals surface area (Å²) in [6, 6.07) is 18.3. The monoisotopic (exact) mass is 413 g/mol. The van der Waals surface area contributed by atoms with Gasteiger partial charge in [0.05, 0.1) is 0 Å². The maximum Gasteiger partial charge on any atom is 0.270 e. The SMILES string of the molecule is O=C(N/C(=C\c1cccnc1)C(=O)N1CCN(c2ccccn2)CC1)c1ccccc1. The second kappa shape index (κ2) is 9.67. The molecule has 1 saturated heterocycles. The van der Waals surface area contributed by atoms with Gasteiger partial charge in [0, 0.05) is 50.3 Å². The van der Waals surface area contributed by atoms with Crippen LogP contribution >= 0.6 is 0 Å². The van der Waals surface area contributed by atoms with E-state index in [4.69, 9.17) is 0 Å². The second-order valence-corrected chi connectivity index (χ2v) is 7.13. The predicted octanol–water partition coefficient (Wildman–Crippen LogP) is 2.60. The Kier molecular flexibility index (Phi) is 6.32. The predicted molar refractivity (Wildman–Crippen MR) is 119 cm³/mol. The van der Waals surface area contributed by atoms with Crippen molar-refractivity contribution in [2.45, 2.75) is 0 Å². The molecule has 1 aliphatic heterocycles. The number of rotatable bonds is 5. The molecule has 0 spiro atoms. The highest BCUT2D eigenvalue weighted by atomic mass is 16.2. The van der Waals surface area contributed by atoms with E-state index < -0.39 is 0 Å². The molecule has 156 valence electrons. The molecule has 2 aromatic heterocycles. The first-order valence-corrected chi connectivity index (χ1v) is 10.1. The summed E-state index contributed by atoms with van der Waals surface area (Å²) in [5.74, 6) is 0.364. The first-order valence-electron chi connectivity index (χ1n) is 10.1. The van der Waals surface area contributed by atoms with Gasteiger partial charge in [0.1, 0.15) is 11.5 Å². The first-order chi connectivity index (χ1) is 15.2. The second-order valence-electron chi connectivity index (χ2n) is 7.13. The van der Waals surface area contributed by atoms with Gasteiger partial charge < -0.3 is 15.1 Å². The third kappa shape index (κ3) is 5.14. The molecule has 0 bridgehead atoms. The third-order valence-corrected chi connectivity index (χ3v) is 5.05. The lowest BCUT2D eigenvalue weighted by molar-refractivity contribution is -0.127. The van der Waals surface area contributed by atoms with E-state index in [2.05, 4.69) is 20.2 Å². The summed E-state index contributed by atoms with van der Waals surface area (Å²) in [4.78, 5) is 38.4. The number of benzene rings is 1. The van der Waals surface area contributed by atoms with Gasteiger partial charge in [0.25, 0.3) is 11.8 Å². The van der Waals surface area contributed by atoms with Gasteiger partial charge in [-0.2, -0.15) is 0 Å². The molecule has 0 radical (unpaired) electrons. The molecule has 31 heavy (non-hydrogen) atoms. The molecule has 7 nitrogen and oxygen atoms in total. The van der Waals surface area contributed by atoms with Crippen LogP contribution < -0.4 is 10.2 Å². The van der Waals surface area contributed by atoms with Crippen LogP contribution in [0.4, 0.5) is 5.82 Å². The Hall–Kier alpha value is -4.00. The largest absolute Gasteiger partial charge is 0.353 e. The van der Waals surface area contributed by atoms with Crippen LogP contribution in [-0.4, -0.2) is 52.9 Å². The molecule has 7 heteroatoms. The molecule has 4 rings (SSSR count). The van der Waals surface area contributed by atoms with Crippen LogP contribution in [0.1, 0.15) is 15.9 Å². The number of piperazine rings is 1. The Labute approximate surface area is 181 Å². The fourth-order valence-corrected chi connectivity index (χ4v) is 3.41. The highest BCUT2D eigenvalue weighted by Gasteiger charge is 2.25. The van der Waals surface area contributed by atoms with Gasteiger partial charge in [0.2, 0.25) is 0 Å². The Morgan fingerprint density at radius 1 is 0.871 bits per heavy atom. The fraction of sp³-hybridized carbons (Fsp3) is 0.167. The number of carbonyl (C=O) groups is 2. The number of carbonyl (C=O) groups excluding carboxylic acids is 2. The van der Waals surface area contributed by atoms with Gasteiger partial charge in [-0.3, -0.25) is 14.6 Å². The Morgan fingerprint density at radius 2 is 1.65 bits per heavy atom. The highest BCUT2D eigenvalue weighted by Crippen LogP contribution is 2.15. The molecule has 3 heterocycles. The van der Waals surface area contributed by atoms with E-state index in [1.54, 1.807) is 59.9 Å². The van der Waals surface area contributed by atoms with E-state index in [1.165, 1.54) is 0 Å². The number of nitrogens with one attached hydrogen (secondary N) is 1. The highest BCUT2D eigenvalue weighted by molar-refractivity contribution is 6.05. The summed E-state index contributed by atoms with van der Waals surface area (Å²) in [6.45, 7) is 2.44. The average Bonchev–Trinajstić information content (AvgIpc) is 2.85. The molecule has 1 fully saturated rings. The van der Waals surface area contributed by atoms with E-state index in [0.29, 0.717) is 31.7 Å². The lowest BCUT2D eigenvalue weighted by atomic mass is 10.1. The zero-order valence-corrected chi connectivity index (χ0v) is 17.0. The molecule has 1 aromatic carbocycles. The van der Waals surface area contributed by atoms with Crippen molar-refractivity contribution < 1.29 is 9.59 Å². The average molecular weight is 413 g/mol. The Bertz CT molecular complexity index is 1050. The van der Waals surface area contributed by atoms with Gasteiger partial charge in [-0.05, 0) is 42.0 Å². The normalized spacial score (nSPS) is 14.3. The van der Waals surface area contributed by atoms with Crippen molar-refractivity contribution in [2.75, 3.05) is 31.1 Å². The maximum absolute atomic E-state index is 13.3. The summed E-state index contributed by atoms with van der Waals surface area (Å²) < 4.78 is 0. The quantitative estimate of drug-likeness (QED) is 0.651. The zero-order chi connectivity index (χ0) is 21.5. The number of nitrogens with zero attached hydrogens (tertiary/aromatic N) is 4. The molecular formula is C24H23N5O2. The van der Waals surface area contributed by atoms with Crippen LogP contribution in [0.2, 0.25) is 0 Å². The smallest absolute Gasteiger partial charge is 0.270 e. The summed E-state index contributed by atoms with van der Waals surface area (Å²) in [5, 5.41) is 2.80. The Morgan fingerprint density at radius 3 is 2.32 bits per heavy atom. The van der Waals surface area contributed by atoms with Gasteiger partial charge >= 0.3 is 0 Å². The minimum atomic E-state index is -0.323. The molecular weight excluding hydrogens is 390 g/mol. The van der Waals surface area contributed by atoms with E-state index in [-0.39, 0.29) is 17.5 Å². The molecule has 0 saturated carbocycles. The number of amides is 2. The van der Waals surface area contributed by atoms with Gasteiger partial charge in [-0.1, -0.05) is 30.3 Å². The summed E-state index contributed by atoms with van der Waals surface area (Å²) >= 11 is 0. The van der Waals surface area contributed by atoms with Crippen LogP contribution in [0.25, 0.3) is 6.08 Å². The van der Waals surface area contributed by atoms with Crippen molar-refractivity contribution in [2.24, 2.45) is 0 Å². The zero-order valence-electron chi connectivity index (χ0n) is 17.0. The van der Waals surface area contributed by atoms with Crippen LogP contribution in [0.3, 0.4) is 0 Å². The summed E-state index contributed by atoms with van der Waals surface area (Å²) in [5.41, 5.74) is 1.46. The number of aromatic nitrogens is 2. The topological polar surface area (TPSA) is 78.4 Å². The van der Waals surface area contributed by atoms with Crippen molar-refractivity contribution in [3.8, 4) is 0 Å². The van der Waals surface area contributed by atoms with Crippen LogP contribution in [0.15, 0.2) is 85.0 Å². The minimum absolute atomic E-state index is 0.214. The van der Waals surface area contributed by atoms with Crippen molar-refractivity contribution >= 4 is 23.7 Å². The number of anilines is 1. The van der Waals surface area contributed by atoms with Crippen LogP contribution in [-0.2, 0) is 4.79 Å². The van der Waals surface area contributed by atoms with Crippen LogP contribution in [0, 0.1) is 0 Å².